The number of aromatic amines is 1. The third-order valence-corrected chi connectivity index (χ3v) is 5.08. The molecule has 0 amide bonds. The summed E-state index contributed by atoms with van der Waals surface area (Å²) in [6, 6.07) is 4.83. The quantitative estimate of drug-likeness (QED) is 0.786. The predicted octanol–water partition coefficient (Wildman–Crippen LogP) is 4.09. The first-order valence-electron chi connectivity index (χ1n) is 6.28. The molecular formula is C14H12ClFN2S. The number of H-pyrrole nitrogens is 1. The minimum Gasteiger partial charge on any atom is -0.335 e. The van der Waals surface area contributed by atoms with E-state index in [9.17, 15) is 4.39 Å². The van der Waals surface area contributed by atoms with E-state index in [4.69, 9.17) is 23.8 Å². The van der Waals surface area contributed by atoms with Gasteiger partial charge in [-0.25, -0.2) is 4.39 Å². The minimum atomic E-state index is -0.162. The molecule has 1 aliphatic carbocycles. The first-order chi connectivity index (χ1) is 9.03. The van der Waals surface area contributed by atoms with Gasteiger partial charge in [-0.1, -0.05) is 11.6 Å². The van der Waals surface area contributed by atoms with E-state index in [0.29, 0.717) is 10.9 Å². The Morgan fingerprint density at radius 3 is 3.05 bits per heavy atom. The van der Waals surface area contributed by atoms with Gasteiger partial charge in [0.15, 0.2) is 4.77 Å². The zero-order valence-electron chi connectivity index (χ0n) is 10.3. The van der Waals surface area contributed by atoms with Gasteiger partial charge in [-0.3, -0.25) is 0 Å². The van der Waals surface area contributed by atoms with Crippen LogP contribution in [0.5, 0.6) is 0 Å². The van der Waals surface area contributed by atoms with Crippen LogP contribution in [0.2, 0.25) is 5.02 Å². The molecule has 2 nitrogen and oxygen atoms in total. The lowest BCUT2D eigenvalue weighted by molar-refractivity contribution is 0.530. The second-order valence-electron chi connectivity index (χ2n) is 5.56. The van der Waals surface area contributed by atoms with Crippen LogP contribution in [0, 0.1) is 17.5 Å². The lowest BCUT2D eigenvalue weighted by Gasteiger charge is -2.14. The molecule has 4 rings (SSSR count). The lowest BCUT2D eigenvalue weighted by Crippen LogP contribution is -2.14. The Morgan fingerprint density at radius 2 is 2.32 bits per heavy atom. The van der Waals surface area contributed by atoms with Gasteiger partial charge in [0.2, 0.25) is 0 Å². The number of halogens is 2. The van der Waals surface area contributed by atoms with Crippen LogP contribution >= 0.6 is 23.8 Å². The summed E-state index contributed by atoms with van der Waals surface area (Å²) >= 11 is 11.3. The maximum absolute atomic E-state index is 14.1. The number of aromatic nitrogens is 2. The molecule has 2 aromatic rings. The third-order valence-electron chi connectivity index (χ3n) is 4.53. The third kappa shape index (κ3) is 1.39. The van der Waals surface area contributed by atoms with Crippen LogP contribution in [0.4, 0.5) is 4.39 Å². The first-order valence-corrected chi connectivity index (χ1v) is 7.06. The second kappa shape index (κ2) is 3.49. The number of rotatable bonds is 1. The van der Waals surface area contributed by atoms with Crippen molar-refractivity contribution in [1.29, 1.82) is 0 Å². The van der Waals surface area contributed by atoms with Crippen LogP contribution in [-0.4, -0.2) is 9.55 Å². The molecule has 2 aliphatic rings. The molecule has 2 heterocycles. The number of nitrogens with one attached hydrogen (secondary N) is 1. The van der Waals surface area contributed by atoms with Crippen molar-refractivity contribution in [2.45, 2.75) is 31.2 Å². The summed E-state index contributed by atoms with van der Waals surface area (Å²) in [6.07, 6.45) is 0.984. The van der Waals surface area contributed by atoms with Gasteiger partial charge in [-0.15, -0.1) is 0 Å². The highest BCUT2D eigenvalue weighted by molar-refractivity contribution is 7.71. The molecule has 1 N–H and O–H groups in total. The average Bonchev–Trinajstić information content (AvgIpc) is 2.87. The van der Waals surface area contributed by atoms with Gasteiger partial charge in [0.1, 0.15) is 5.82 Å². The maximum atomic E-state index is 14.1. The van der Waals surface area contributed by atoms with Gasteiger partial charge >= 0.3 is 0 Å². The van der Waals surface area contributed by atoms with E-state index in [1.54, 1.807) is 12.1 Å². The van der Waals surface area contributed by atoms with Gasteiger partial charge in [-0.2, -0.15) is 0 Å². The zero-order chi connectivity index (χ0) is 13.4. The zero-order valence-corrected chi connectivity index (χ0v) is 11.9. The average molecular weight is 295 g/mol. The summed E-state index contributed by atoms with van der Waals surface area (Å²) in [4.78, 5) is 3.19. The van der Waals surface area contributed by atoms with Crippen molar-refractivity contribution >= 4 is 23.8 Å². The summed E-state index contributed by atoms with van der Waals surface area (Å²) in [7, 11) is 0. The van der Waals surface area contributed by atoms with Gasteiger partial charge < -0.3 is 9.55 Å². The maximum Gasteiger partial charge on any atom is 0.177 e. The summed E-state index contributed by atoms with van der Waals surface area (Å²) in [6.45, 7) is 2.79. The van der Waals surface area contributed by atoms with E-state index in [1.165, 1.54) is 11.8 Å². The molecule has 0 radical (unpaired) electrons. The summed E-state index contributed by atoms with van der Waals surface area (Å²) in [5.41, 5.74) is 2.96. The molecule has 1 aromatic carbocycles. The van der Waals surface area contributed by atoms with Crippen LogP contribution < -0.4 is 0 Å². The van der Waals surface area contributed by atoms with Crippen molar-refractivity contribution in [2.75, 3.05) is 0 Å². The molecule has 2 atom stereocenters. The van der Waals surface area contributed by atoms with E-state index in [-0.39, 0.29) is 11.2 Å². The smallest absolute Gasteiger partial charge is 0.177 e. The molecule has 19 heavy (non-hydrogen) atoms. The summed E-state index contributed by atoms with van der Waals surface area (Å²) < 4.78 is 17.0. The van der Waals surface area contributed by atoms with Crippen molar-refractivity contribution in [3.8, 4) is 0 Å². The number of fused-ring (bicyclic) bond motifs is 3. The monoisotopic (exact) mass is 294 g/mol. The number of aryl methyl sites for hydroxylation is 1. The highest BCUT2D eigenvalue weighted by atomic mass is 35.5. The van der Waals surface area contributed by atoms with Crippen molar-refractivity contribution in [3.05, 3.63) is 50.8 Å². The fourth-order valence-electron chi connectivity index (χ4n) is 3.59. The Morgan fingerprint density at radius 1 is 1.53 bits per heavy atom. The SMILES string of the molecule is Cc1[nH]c(=S)n2c1[C@@H]1C[C@]1(c1cc(Cl)ccc1F)C2. The Bertz CT molecular complexity index is 763. The van der Waals surface area contributed by atoms with Crippen molar-refractivity contribution < 1.29 is 4.39 Å². The van der Waals surface area contributed by atoms with Gasteiger partial charge in [-0.05, 0) is 49.3 Å². The Balaban J connectivity index is 1.87. The molecule has 0 spiro atoms. The number of nitrogens with zero attached hydrogens (tertiary/aromatic N) is 1. The van der Waals surface area contributed by atoms with E-state index < -0.39 is 0 Å². The largest absolute Gasteiger partial charge is 0.335 e. The van der Waals surface area contributed by atoms with Crippen LogP contribution in [0.15, 0.2) is 18.2 Å². The van der Waals surface area contributed by atoms with Gasteiger partial charge in [0, 0.05) is 34.3 Å². The molecule has 0 bridgehead atoms. The van der Waals surface area contributed by atoms with E-state index >= 15 is 0 Å². The van der Waals surface area contributed by atoms with Crippen LogP contribution in [-0.2, 0) is 12.0 Å². The van der Waals surface area contributed by atoms with Gasteiger partial charge in [0.25, 0.3) is 0 Å². The lowest BCUT2D eigenvalue weighted by atomic mass is 9.93. The Hall–Kier alpha value is -1.13. The molecule has 1 fully saturated rings. The molecule has 1 saturated carbocycles. The highest BCUT2D eigenvalue weighted by Gasteiger charge is 2.63. The van der Waals surface area contributed by atoms with Crippen LogP contribution in [0.1, 0.15) is 29.3 Å². The van der Waals surface area contributed by atoms with E-state index in [2.05, 4.69) is 9.55 Å². The normalized spacial score (nSPS) is 27.2. The topological polar surface area (TPSA) is 20.7 Å². The molecular weight excluding hydrogens is 283 g/mol. The number of imidazole rings is 1. The number of hydrogen-bond acceptors (Lipinski definition) is 1. The number of hydrogen-bond donors (Lipinski definition) is 1. The standard InChI is InChI=1S/C14H12ClFN2S/c1-7-12-10-5-14(10,6-18(12)13(19)17-7)9-4-8(15)2-3-11(9)16/h2-4,10H,5-6H2,1H3,(H,17,19)/t10-,14+/m0/s1. The molecule has 1 aliphatic heterocycles. The number of benzene rings is 1. The molecule has 5 heteroatoms. The predicted molar refractivity (Wildman–Crippen MR) is 74.8 cm³/mol. The molecule has 0 saturated heterocycles. The molecule has 1 aromatic heterocycles. The van der Waals surface area contributed by atoms with E-state index in [1.807, 2.05) is 6.92 Å². The fourth-order valence-corrected chi connectivity index (χ4v) is 4.08. The minimum absolute atomic E-state index is 0.127. The van der Waals surface area contributed by atoms with Crippen LogP contribution in [0.25, 0.3) is 0 Å². The molecule has 98 valence electrons. The van der Waals surface area contributed by atoms with Crippen molar-refractivity contribution in [2.24, 2.45) is 0 Å². The highest BCUT2D eigenvalue weighted by Crippen LogP contribution is 2.66. The van der Waals surface area contributed by atoms with Gasteiger partial charge in [0.05, 0.1) is 0 Å². The van der Waals surface area contributed by atoms with Crippen LogP contribution in [0.3, 0.4) is 0 Å². The summed E-state index contributed by atoms with van der Waals surface area (Å²) in [5, 5.41) is 0.592. The summed E-state index contributed by atoms with van der Waals surface area (Å²) in [5.74, 6) is 0.207. The Labute approximate surface area is 120 Å². The Kier molecular flexibility index (Phi) is 2.15. The first kappa shape index (κ1) is 11.7. The molecule has 0 unspecified atom stereocenters. The van der Waals surface area contributed by atoms with Crippen molar-refractivity contribution in [1.82, 2.24) is 9.55 Å². The van der Waals surface area contributed by atoms with E-state index in [0.717, 1.165) is 29.0 Å². The fraction of sp³-hybridized carbons (Fsp3) is 0.357. The van der Waals surface area contributed by atoms with Crippen molar-refractivity contribution in [3.63, 3.8) is 0 Å². The second-order valence-corrected chi connectivity index (χ2v) is 6.39.